The van der Waals surface area contributed by atoms with Crippen molar-refractivity contribution >= 4 is 51.4 Å². The zero-order valence-corrected chi connectivity index (χ0v) is 17.7. The highest BCUT2D eigenvalue weighted by molar-refractivity contribution is 8.26. The highest BCUT2D eigenvalue weighted by Gasteiger charge is 2.50. The molecule has 1 aromatic rings. The van der Waals surface area contributed by atoms with Crippen molar-refractivity contribution in [2.45, 2.75) is 45.6 Å². The van der Waals surface area contributed by atoms with Crippen LogP contribution < -0.4 is 9.64 Å². The minimum Gasteiger partial charge on any atom is -0.497 e. The van der Waals surface area contributed by atoms with Crippen molar-refractivity contribution in [2.75, 3.05) is 18.6 Å². The zero-order valence-electron chi connectivity index (χ0n) is 16.1. The molecule has 0 saturated carbocycles. The summed E-state index contributed by atoms with van der Waals surface area (Å²) in [6.07, 6.45) is 0.849. The lowest BCUT2D eigenvalue weighted by Crippen LogP contribution is -2.49. The molecule has 0 aliphatic carbocycles. The van der Waals surface area contributed by atoms with Gasteiger partial charge in [-0.1, -0.05) is 30.9 Å². The Bertz CT molecular complexity index is 935. The number of hydrogen-bond acceptors (Lipinski definition) is 5. The molecular formula is C20H22N2O3S2. The van der Waals surface area contributed by atoms with Crippen molar-refractivity contribution in [3.05, 3.63) is 28.2 Å². The van der Waals surface area contributed by atoms with E-state index in [0.29, 0.717) is 27.1 Å². The SMILES string of the molecule is CCN1C(=O)/C(=C2/C(=O)N3c4c2cc(OC)cc4C(C)CC3(C)C)SC1=S. The topological polar surface area (TPSA) is 49.9 Å². The summed E-state index contributed by atoms with van der Waals surface area (Å²) >= 11 is 6.58. The number of likely N-dealkylation sites (N-methyl/N-ethyl adjacent to an activating group) is 1. The Morgan fingerprint density at radius 2 is 2.00 bits per heavy atom. The molecule has 1 unspecified atom stereocenters. The van der Waals surface area contributed by atoms with E-state index in [9.17, 15) is 9.59 Å². The van der Waals surface area contributed by atoms with E-state index >= 15 is 0 Å². The molecule has 142 valence electrons. The van der Waals surface area contributed by atoms with Gasteiger partial charge in [0.2, 0.25) is 0 Å². The predicted octanol–water partition coefficient (Wildman–Crippen LogP) is 3.92. The number of nitrogens with zero attached hydrogens (tertiary/aromatic N) is 2. The van der Waals surface area contributed by atoms with Crippen LogP contribution in [0.15, 0.2) is 17.0 Å². The third-order valence-electron chi connectivity index (χ3n) is 5.59. The summed E-state index contributed by atoms with van der Waals surface area (Å²) in [6.45, 7) is 8.72. The molecule has 27 heavy (non-hydrogen) atoms. The lowest BCUT2D eigenvalue weighted by Gasteiger charge is -2.43. The molecule has 0 N–H and O–H groups in total. The number of ether oxygens (including phenoxy) is 1. The normalized spacial score (nSPS) is 26.1. The van der Waals surface area contributed by atoms with E-state index in [-0.39, 0.29) is 23.3 Å². The van der Waals surface area contributed by atoms with Gasteiger partial charge in [0.15, 0.2) is 0 Å². The Kier molecular flexibility index (Phi) is 4.16. The van der Waals surface area contributed by atoms with Crippen molar-refractivity contribution in [2.24, 2.45) is 0 Å². The Morgan fingerprint density at radius 1 is 1.30 bits per heavy atom. The molecule has 1 fully saturated rings. The van der Waals surface area contributed by atoms with Crippen molar-refractivity contribution in [1.29, 1.82) is 0 Å². The summed E-state index contributed by atoms with van der Waals surface area (Å²) in [4.78, 5) is 30.3. The van der Waals surface area contributed by atoms with Crippen LogP contribution in [-0.2, 0) is 9.59 Å². The standard InChI is InChI=1S/C20H22N2O3S2/c1-6-21-18(24)16(27-19(21)26)14-13-8-11(25-5)7-12-10(2)9-20(3,4)22(15(12)13)17(14)23/h7-8,10H,6,9H2,1-5H3/b16-14-. The summed E-state index contributed by atoms with van der Waals surface area (Å²) in [5.41, 5.74) is 2.93. The van der Waals surface area contributed by atoms with Crippen LogP contribution >= 0.6 is 24.0 Å². The molecule has 0 spiro atoms. The van der Waals surface area contributed by atoms with Gasteiger partial charge in [-0.05, 0) is 50.8 Å². The molecule has 1 atom stereocenters. The minimum absolute atomic E-state index is 0.118. The van der Waals surface area contributed by atoms with Crippen molar-refractivity contribution < 1.29 is 14.3 Å². The molecule has 5 nitrogen and oxygen atoms in total. The van der Waals surface area contributed by atoms with Gasteiger partial charge < -0.3 is 9.64 Å². The number of carbonyl (C=O) groups is 2. The van der Waals surface area contributed by atoms with Crippen LogP contribution in [0.25, 0.3) is 5.57 Å². The van der Waals surface area contributed by atoms with Gasteiger partial charge in [0.25, 0.3) is 11.8 Å². The maximum Gasteiger partial charge on any atom is 0.266 e. The number of carbonyl (C=O) groups excluding carboxylic acids is 2. The predicted molar refractivity (Wildman–Crippen MR) is 112 cm³/mol. The Balaban J connectivity index is 2.02. The van der Waals surface area contributed by atoms with E-state index in [1.54, 1.807) is 12.0 Å². The first-order valence-electron chi connectivity index (χ1n) is 9.06. The van der Waals surface area contributed by atoms with Crippen LogP contribution in [0.2, 0.25) is 0 Å². The first kappa shape index (κ1) is 18.5. The number of hydrogen-bond donors (Lipinski definition) is 0. The van der Waals surface area contributed by atoms with Gasteiger partial charge in [-0.2, -0.15) is 0 Å². The highest BCUT2D eigenvalue weighted by Crippen LogP contribution is 2.55. The summed E-state index contributed by atoms with van der Waals surface area (Å²) in [7, 11) is 1.62. The average Bonchev–Trinajstić information content (AvgIpc) is 3.05. The van der Waals surface area contributed by atoms with Crippen LogP contribution in [-0.4, -0.2) is 40.2 Å². The lowest BCUT2D eigenvalue weighted by atomic mass is 9.80. The fourth-order valence-electron chi connectivity index (χ4n) is 4.46. The zero-order chi connectivity index (χ0) is 19.7. The summed E-state index contributed by atoms with van der Waals surface area (Å²) < 4.78 is 6.00. The fourth-order valence-corrected chi connectivity index (χ4v) is 5.92. The van der Waals surface area contributed by atoms with Gasteiger partial charge in [-0.15, -0.1) is 0 Å². The van der Waals surface area contributed by atoms with Gasteiger partial charge in [0, 0.05) is 17.6 Å². The number of thioether (sulfide) groups is 1. The molecule has 0 radical (unpaired) electrons. The first-order valence-corrected chi connectivity index (χ1v) is 10.3. The molecule has 7 heteroatoms. The molecule has 0 aromatic heterocycles. The first-order chi connectivity index (χ1) is 12.7. The molecule has 3 aliphatic heterocycles. The smallest absolute Gasteiger partial charge is 0.266 e. The van der Waals surface area contributed by atoms with Gasteiger partial charge in [-0.3, -0.25) is 14.5 Å². The number of thiocarbonyl (C=S) groups is 1. The Labute approximate surface area is 168 Å². The maximum atomic E-state index is 13.5. The van der Waals surface area contributed by atoms with E-state index in [0.717, 1.165) is 23.2 Å². The average molecular weight is 403 g/mol. The van der Waals surface area contributed by atoms with E-state index in [4.69, 9.17) is 17.0 Å². The molecule has 0 bridgehead atoms. The van der Waals surface area contributed by atoms with Crippen LogP contribution in [0.5, 0.6) is 5.75 Å². The molecule has 1 aromatic carbocycles. The number of amides is 2. The molecule has 3 aliphatic rings. The van der Waals surface area contributed by atoms with Crippen molar-refractivity contribution in [3.63, 3.8) is 0 Å². The summed E-state index contributed by atoms with van der Waals surface area (Å²) in [5, 5.41) is 0. The maximum absolute atomic E-state index is 13.5. The highest BCUT2D eigenvalue weighted by atomic mass is 32.2. The summed E-state index contributed by atoms with van der Waals surface area (Å²) in [5.74, 6) is 0.692. The van der Waals surface area contributed by atoms with E-state index in [2.05, 4.69) is 20.8 Å². The molecule has 2 amide bonds. The van der Waals surface area contributed by atoms with E-state index < -0.39 is 0 Å². The molecule has 4 rings (SSSR count). The Hall–Kier alpha value is -1.86. The second-order valence-corrected chi connectivity index (χ2v) is 9.44. The van der Waals surface area contributed by atoms with Gasteiger partial charge in [-0.25, -0.2) is 0 Å². The van der Waals surface area contributed by atoms with Crippen LogP contribution in [0.1, 0.15) is 51.2 Å². The number of methoxy groups -OCH3 is 1. The largest absolute Gasteiger partial charge is 0.497 e. The molecule has 1 saturated heterocycles. The third-order valence-corrected chi connectivity index (χ3v) is 7.04. The summed E-state index contributed by atoms with van der Waals surface area (Å²) in [6, 6.07) is 3.89. The molecule has 3 heterocycles. The quantitative estimate of drug-likeness (QED) is 0.554. The minimum atomic E-state index is -0.327. The lowest BCUT2D eigenvalue weighted by molar-refractivity contribution is -0.122. The number of anilines is 1. The third kappa shape index (κ3) is 2.48. The van der Waals surface area contributed by atoms with Crippen molar-refractivity contribution in [3.8, 4) is 5.75 Å². The Morgan fingerprint density at radius 3 is 2.59 bits per heavy atom. The van der Waals surface area contributed by atoms with Crippen molar-refractivity contribution in [1.82, 2.24) is 4.90 Å². The van der Waals surface area contributed by atoms with Crippen LogP contribution in [0.4, 0.5) is 5.69 Å². The fraction of sp³-hybridized carbons (Fsp3) is 0.450. The number of benzene rings is 1. The second kappa shape index (κ2) is 6.07. The van der Waals surface area contributed by atoms with E-state index in [1.165, 1.54) is 11.8 Å². The monoisotopic (exact) mass is 402 g/mol. The van der Waals surface area contributed by atoms with Gasteiger partial charge >= 0.3 is 0 Å². The van der Waals surface area contributed by atoms with Crippen LogP contribution in [0.3, 0.4) is 0 Å². The second-order valence-electron chi connectivity index (χ2n) is 7.79. The molecular weight excluding hydrogens is 380 g/mol. The van der Waals surface area contributed by atoms with Gasteiger partial charge in [0.1, 0.15) is 10.1 Å². The van der Waals surface area contributed by atoms with Crippen LogP contribution in [0, 0.1) is 0 Å². The van der Waals surface area contributed by atoms with E-state index in [1.807, 2.05) is 24.0 Å². The van der Waals surface area contributed by atoms with Gasteiger partial charge in [0.05, 0.1) is 23.3 Å². The number of rotatable bonds is 2.